The van der Waals surface area contributed by atoms with Gasteiger partial charge in [-0.05, 0) is 48.7 Å². The third-order valence-corrected chi connectivity index (χ3v) is 5.79. The second-order valence-electron chi connectivity index (χ2n) is 8.20. The zero-order valence-corrected chi connectivity index (χ0v) is 18.8. The minimum absolute atomic E-state index is 0.0194. The van der Waals surface area contributed by atoms with E-state index in [2.05, 4.69) is 10.3 Å². The summed E-state index contributed by atoms with van der Waals surface area (Å²) in [6.45, 7) is 0.841. The van der Waals surface area contributed by atoms with Crippen molar-refractivity contribution in [3.8, 4) is 5.75 Å². The van der Waals surface area contributed by atoms with E-state index < -0.39 is 23.6 Å². The van der Waals surface area contributed by atoms with Gasteiger partial charge in [0.1, 0.15) is 6.61 Å². The number of pyridine rings is 1. The number of ether oxygens (including phenoxy) is 1. The Morgan fingerprint density at radius 1 is 1.06 bits per heavy atom. The van der Waals surface area contributed by atoms with E-state index >= 15 is 0 Å². The Bertz CT molecular complexity index is 1180. The largest absolute Gasteiger partial charge is 0.489 e. The van der Waals surface area contributed by atoms with E-state index in [1.54, 1.807) is 12.1 Å². The first-order valence-corrected chi connectivity index (χ1v) is 11.2. The predicted molar refractivity (Wildman–Crippen MR) is 123 cm³/mol. The molecular formula is C26H24F3N3O3. The van der Waals surface area contributed by atoms with Crippen molar-refractivity contribution in [2.45, 2.75) is 31.6 Å². The normalized spacial score (nSPS) is 15.6. The van der Waals surface area contributed by atoms with E-state index in [4.69, 9.17) is 4.74 Å². The minimum Gasteiger partial charge on any atom is -0.489 e. The molecule has 0 bridgehead atoms. The number of halogens is 3. The van der Waals surface area contributed by atoms with Gasteiger partial charge >= 0.3 is 6.18 Å². The van der Waals surface area contributed by atoms with Crippen LogP contribution in [0.1, 0.15) is 44.8 Å². The van der Waals surface area contributed by atoms with E-state index in [9.17, 15) is 22.8 Å². The van der Waals surface area contributed by atoms with Gasteiger partial charge in [-0.15, -0.1) is 0 Å². The number of hydrogen-bond acceptors (Lipinski definition) is 4. The molecule has 1 aromatic heterocycles. The number of carbonyl (C=O) groups excluding carboxylic acids is 2. The first-order chi connectivity index (χ1) is 16.8. The number of aromatic nitrogens is 1. The van der Waals surface area contributed by atoms with E-state index in [-0.39, 0.29) is 29.7 Å². The van der Waals surface area contributed by atoms with Crippen molar-refractivity contribution in [3.63, 3.8) is 0 Å². The Balaban J connectivity index is 1.41. The topological polar surface area (TPSA) is 71.5 Å². The maximum atomic E-state index is 13.1. The average Bonchev–Trinajstić information content (AvgIpc) is 3.34. The highest BCUT2D eigenvalue weighted by Gasteiger charge is 2.34. The van der Waals surface area contributed by atoms with Gasteiger partial charge in [0.25, 0.3) is 11.8 Å². The van der Waals surface area contributed by atoms with E-state index in [1.807, 2.05) is 30.3 Å². The van der Waals surface area contributed by atoms with Crippen molar-refractivity contribution in [2.24, 2.45) is 0 Å². The number of benzene rings is 2. The molecule has 6 nitrogen and oxygen atoms in total. The number of nitrogens with zero attached hydrogens (tertiary/aromatic N) is 2. The molecule has 1 saturated heterocycles. The third-order valence-electron chi connectivity index (χ3n) is 5.79. The van der Waals surface area contributed by atoms with Crippen molar-refractivity contribution >= 4 is 11.8 Å². The molecule has 1 fully saturated rings. The van der Waals surface area contributed by atoms with Gasteiger partial charge in [-0.25, -0.2) is 4.98 Å². The molecule has 9 heteroatoms. The van der Waals surface area contributed by atoms with Crippen LogP contribution >= 0.6 is 0 Å². The molecule has 3 aromatic rings. The summed E-state index contributed by atoms with van der Waals surface area (Å²) in [5.74, 6) is -0.599. The molecule has 2 aromatic carbocycles. The Labute approximate surface area is 200 Å². The lowest BCUT2D eigenvalue weighted by atomic mass is 10.1. The molecule has 1 unspecified atom stereocenters. The maximum Gasteiger partial charge on any atom is 0.416 e. The van der Waals surface area contributed by atoms with Crippen LogP contribution in [-0.2, 0) is 12.7 Å². The quantitative estimate of drug-likeness (QED) is 0.528. The third kappa shape index (κ3) is 5.98. The Hall–Kier alpha value is -3.88. The first kappa shape index (κ1) is 24.3. The van der Waals surface area contributed by atoms with Crippen LogP contribution < -0.4 is 10.1 Å². The van der Waals surface area contributed by atoms with Gasteiger partial charge in [-0.3, -0.25) is 9.59 Å². The number of amides is 2. The number of rotatable bonds is 7. The molecule has 35 heavy (non-hydrogen) atoms. The molecule has 1 atom stereocenters. The fourth-order valence-electron chi connectivity index (χ4n) is 4.00. The fourth-order valence-corrected chi connectivity index (χ4v) is 4.00. The van der Waals surface area contributed by atoms with Gasteiger partial charge in [0, 0.05) is 24.8 Å². The summed E-state index contributed by atoms with van der Waals surface area (Å²) >= 11 is 0. The van der Waals surface area contributed by atoms with E-state index in [0.717, 1.165) is 17.7 Å². The highest BCUT2D eigenvalue weighted by molar-refractivity contribution is 5.95. The zero-order chi connectivity index (χ0) is 24.8. The first-order valence-electron chi connectivity index (χ1n) is 11.2. The molecule has 0 aliphatic carbocycles. The van der Waals surface area contributed by atoms with Crippen molar-refractivity contribution in [2.75, 3.05) is 13.2 Å². The van der Waals surface area contributed by atoms with E-state index in [1.165, 1.54) is 23.2 Å². The molecule has 2 heterocycles. The molecule has 1 aliphatic heterocycles. The SMILES string of the molecule is O=C(NCc1ccccc1)c1ncccc1OCC1CCCN1C(=O)c1cccc(C(F)(F)F)c1. The molecule has 2 amide bonds. The summed E-state index contributed by atoms with van der Waals surface area (Å²) in [7, 11) is 0. The average molecular weight is 483 g/mol. The van der Waals surface area contributed by atoms with Gasteiger partial charge in [0.15, 0.2) is 11.4 Å². The second-order valence-corrected chi connectivity index (χ2v) is 8.20. The maximum absolute atomic E-state index is 13.1. The number of alkyl halides is 3. The molecular weight excluding hydrogens is 459 g/mol. The standard InChI is InChI=1S/C26H24F3N3O3/c27-26(28,29)20-10-4-9-19(15-20)25(34)32-14-6-11-21(32)17-35-22-12-5-13-30-23(22)24(33)31-16-18-7-2-1-3-8-18/h1-5,7-10,12-13,15,21H,6,11,14,16-17H2,(H,31,33). The predicted octanol–water partition coefficient (Wildman–Crippen LogP) is 4.71. The van der Waals surface area contributed by atoms with Crippen LogP contribution in [0.15, 0.2) is 72.9 Å². The molecule has 182 valence electrons. The zero-order valence-electron chi connectivity index (χ0n) is 18.8. The lowest BCUT2D eigenvalue weighted by Crippen LogP contribution is -2.39. The summed E-state index contributed by atoms with van der Waals surface area (Å²) in [5, 5.41) is 2.81. The monoisotopic (exact) mass is 483 g/mol. The molecule has 1 N–H and O–H groups in total. The highest BCUT2D eigenvalue weighted by atomic mass is 19.4. The van der Waals surface area contributed by atoms with Crippen LogP contribution in [0.4, 0.5) is 13.2 Å². The number of nitrogens with one attached hydrogen (secondary N) is 1. The van der Waals surface area contributed by atoms with Gasteiger partial charge in [0.05, 0.1) is 11.6 Å². The Morgan fingerprint density at radius 3 is 2.63 bits per heavy atom. The van der Waals surface area contributed by atoms with Gasteiger partial charge in [0.2, 0.25) is 0 Å². The minimum atomic E-state index is -4.53. The van der Waals surface area contributed by atoms with Gasteiger partial charge in [-0.2, -0.15) is 13.2 Å². The van der Waals surface area contributed by atoms with Crippen LogP contribution in [0.3, 0.4) is 0 Å². The van der Waals surface area contributed by atoms with Crippen LogP contribution in [0.25, 0.3) is 0 Å². The summed E-state index contributed by atoms with van der Waals surface area (Å²) in [5.41, 5.74) is 0.178. The smallest absolute Gasteiger partial charge is 0.416 e. The summed E-state index contributed by atoms with van der Waals surface area (Å²) in [6, 6.07) is 16.8. The van der Waals surface area contributed by atoms with Crippen molar-refractivity contribution in [1.29, 1.82) is 0 Å². The van der Waals surface area contributed by atoms with Crippen LogP contribution in [-0.4, -0.2) is 40.9 Å². The second kappa shape index (κ2) is 10.6. The van der Waals surface area contributed by atoms with E-state index in [0.29, 0.717) is 25.9 Å². The lowest BCUT2D eigenvalue weighted by molar-refractivity contribution is -0.137. The van der Waals surface area contributed by atoms with Gasteiger partial charge < -0.3 is 15.0 Å². The summed E-state index contributed by atoms with van der Waals surface area (Å²) in [4.78, 5) is 31.3. The van der Waals surface area contributed by atoms with Crippen LogP contribution in [0.5, 0.6) is 5.75 Å². The highest BCUT2D eigenvalue weighted by Crippen LogP contribution is 2.30. The molecule has 4 rings (SSSR count). The van der Waals surface area contributed by atoms with Crippen LogP contribution in [0.2, 0.25) is 0 Å². The van der Waals surface area contributed by atoms with Crippen molar-refractivity contribution in [3.05, 3.63) is 95.3 Å². The molecule has 1 aliphatic rings. The number of likely N-dealkylation sites (tertiary alicyclic amines) is 1. The van der Waals surface area contributed by atoms with Crippen molar-refractivity contribution < 1.29 is 27.5 Å². The lowest BCUT2D eigenvalue weighted by Gasteiger charge is -2.25. The number of hydrogen-bond donors (Lipinski definition) is 1. The molecule has 0 saturated carbocycles. The number of carbonyl (C=O) groups is 2. The van der Waals surface area contributed by atoms with Crippen molar-refractivity contribution in [1.82, 2.24) is 15.2 Å². The van der Waals surface area contributed by atoms with Gasteiger partial charge in [-0.1, -0.05) is 36.4 Å². The molecule has 0 spiro atoms. The Morgan fingerprint density at radius 2 is 1.86 bits per heavy atom. The summed E-state index contributed by atoms with van der Waals surface area (Å²) in [6.07, 6.45) is -1.69. The Kier molecular flexibility index (Phi) is 7.33. The summed E-state index contributed by atoms with van der Waals surface area (Å²) < 4.78 is 45.1. The molecule has 0 radical (unpaired) electrons. The van der Waals surface area contributed by atoms with Crippen LogP contribution in [0, 0.1) is 0 Å². The fraction of sp³-hybridized carbons (Fsp3) is 0.269.